The third-order valence-electron chi connectivity index (χ3n) is 3.80. The number of rotatable bonds is 2. The number of ether oxygens (including phenoxy) is 1. The molecule has 0 radical (unpaired) electrons. The average molecular weight is 254 g/mol. The predicted octanol–water partition coefficient (Wildman–Crippen LogP) is 3.63. The van der Waals surface area contributed by atoms with Gasteiger partial charge in [0.1, 0.15) is 11.9 Å². The molecule has 1 aliphatic rings. The van der Waals surface area contributed by atoms with Crippen LogP contribution in [0.15, 0.2) is 48.5 Å². The Morgan fingerprint density at radius 2 is 1.47 bits per heavy atom. The molecular formula is C16H18N2O. The first-order chi connectivity index (χ1) is 9.24. The van der Waals surface area contributed by atoms with Gasteiger partial charge in [-0.3, -0.25) is 0 Å². The Balaban J connectivity index is 2.15. The average Bonchev–Trinajstić information content (AvgIpc) is 2.71. The van der Waals surface area contributed by atoms with E-state index in [1.54, 1.807) is 7.11 Å². The molecule has 2 aromatic carbocycles. The molecule has 98 valence electrons. The second-order valence-corrected chi connectivity index (χ2v) is 4.77. The van der Waals surface area contributed by atoms with Crippen LogP contribution < -0.4 is 14.5 Å². The molecule has 3 nitrogen and oxygen atoms in total. The lowest BCUT2D eigenvalue weighted by Gasteiger charge is -2.28. The van der Waals surface area contributed by atoms with Crippen molar-refractivity contribution in [2.75, 3.05) is 24.0 Å². The van der Waals surface area contributed by atoms with Crippen LogP contribution >= 0.6 is 0 Å². The molecule has 3 heteroatoms. The molecule has 2 aromatic rings. The molecule has 0 N–H and O–H groups in total. The lowest BCUT2D eigenvalue weighted by Crippen LogP contribution is -2.35. The molecule has 19 heavy (non-hydrogen) atoms. The maximum atomic E-state index is 5.50. The number of benzene rings is 2. The molecule has 0 aliphatic carbocycles. The van der Waals surface area contributed by atoms with Gasteiger partial charge in [0.25, 0.3) is 0 Å². The van der Waals surface area contributed by atoms with Gasteiger partial charge in [-0.25, -0.2) is 0 Å². The van der Waals surface area contributed by atoms with Gasteiger partial charge >= 0.3 is 0 Å². The number of methoxy groups -OCH3 is 1. The van der Waals surface area contributed by atoms with E-state index in [2.05, 4.69) is 54.1 Å². The summed E-state index contributed by atoms with van der Waals surface area (Å²) in [6.45, 7) is 2.20. The third-order valence-corrected chi connectivity index (χ3v) is 3.80. The molecule has 0 aromatic heterocycles. The van der Waals surface area contributed by atoms with Crippen molar-refractivity contribution in [2.24, 2.45) is 0 Å². The van der Waals surface area contributed by atoms with Crippen LogP contribution in [0.4, 0.5) is 17.1 Å². The van der Waals surface area contributed by atoms with E-state index in [0.717, 1.165) is 11.4 Å². The Bertz CT molecular complexity index is 597. The predicted molar refractivity (Wildman–Crippen MR) is 79.4 cm³/mol. The van der Waals surface area contributed by atoms with E-state index in [1.807, 2.05) is 18.2 Å². The summed E-state index contributed by atoms with van der Waals surface area (Å²) in [4.78, 5) is 4.59. The molecule has 0 spiro atoms. The Morgan fingerprint density at radius 1 is 0.895 bits per heavy atom. The normalized spacial score (nSPS) is 17.5. The number of nitrogens with zero attached hydrogens (tertiary/aromatic N) is 2. The maximum Gasteiger partial charge on any atom is 0.142 e. The molecule has 0 saturated heterocycles. The summed E-state index contributed by atoms with van der Waals surface area (Å²) < 4.78 is 5.50. The number of hydrogen-bond acceptors (Lipinski definition) is 3. The van der Waals surface area contributed by atoms with E-state index in [4.69, 9.17) is 4.74 Å². The fraction of sp³-hybridized carbons (Fsp3) is 0.250. The van der Waals surface area contributed by atoms with Gasteiger partial charge in [0, 0.05) is 7.05 Å². The summed E-state index contributed by atoms with van der Waals surface area (Å²) in [5.41, 5.74) is 3.58. The minimum Gasteiger partial charge on any atom is -0.495 e. The quantitative estimate of drug-likeness (QED) is 0.814. The Labute approximate surface area is 114 Å². The molecule has 0 bridgehead atoms. The molecule has 1 aliphatic heterocycles. The van der Waals surface area contributed by atoms with Gasteiger partial charge < -0.3 is 14.5 Å². The number of anilines is 3. The summed E-state index contributed by atoms with van der Waals surface area (Å²) in [6, 6.07) is 16.6. The summed E-state index contributed by atoms with van der Waals surface area (Å²) in [7, 11) is 3.84. The molecule has 0 fully saturated rings. The topological polar surface area (TPSA) is 15.7 Å². The lowest BCUT2D eigenvalue weighted by molar-refractivity contribution is 0.414. The van der Waals surface area contributed by atoms with Crippen molar-refractivity contribution in [3.05, 3.63) is 48.5 Å². The van der Waals surface area contributed by atoms with Gasteiger partial charge in [-0.15, -0.1) is 0 Å². The Hall–Kier alpha value is -2.16. The summed E-state index contributed by atoms with van der Waals surface area (Å²) >= 11 is 0. The summed E-state index contributed by atoms with van der Waals surface area (Å²) in [5.74, 6) is 0.902. The van der Waals surface area contributed by atoms with Crippen LogP contribution in [0.25, 0.3) is 0 Å². The van der Waals surface area contributed by atoms with E-state index < -0.39 is 0 Å². The highest BCUT2D eigenvalue weighted by Crippen LogP contribution is 2.45. The summed E-state index contributed by atoms with van der Waals surface area (Å²) in [6.07, 6.45) is 0.272. The van der Waals surface area contributed by atoms with Crippen LogP contribution in [0.5, 0.6) is 5.75 Å². The van der Waals surface area contributed by atoms with E-state index in [-0.39, 0.29) is 6.17 Å². The van der Waals surface area contributed by atoms with Crippen LogP contribution in [0.1, 0.15) is 6.92 Å². The number of fused-ring (bicyclic) bond motifs is 1. The van der Waals surface area contributed by atoms with Crippen molar-refractivity contribution in [3.63, 3.8) is 0 Å². The van der Waals surface area contributed by atoms with Gasteiger partial charge in [0.15, 0.2) is 0 Å². The molecule has 0 amide bonds. The first kappa shape index (κ1) is 11.9. The van der Waals surface area contributed by atoms with Crippen molar-refractivity contribution >= 4 is 17.1 Å². The van der Waals surface area contributed by atoms with Crippen molar-refractivity contribution in [1.29, 1.82) is 0 Å². The third kappa shape index (κ3) is 1.73. The summed E-state index contributed by atoms with van der Waals surface area (Å²) in [5, 5.41) is 0. The molecular weight excluding hydrogens is 236 g/mol. The number of para-hydroxylation sites is 4. The van der Waals surface area contributed by atoms with Crippen LogP contribution in [0, 0.1) is 0 Å². The zero-order valence-corrected chi connectivity index (χ0v) is 11.5. The first-order valence-corrected chi connectivity index (χ1v) is 6.48. The van der Waals surface area contributed by atoms with Crippen LogP contribution in [-0.4, -0.2) is 20.3 Å². The maximum absolute atomic E-state index is 5.50. The van der Waals surface area contributed by atoms with Gasteiger partial charge in [-0.05, 0) is 31.2 Å². The largest absolute Gasteiger partial charge is 0.495 e. The lowest BCUT2D eigenvalue weighted by atomic mass is 10.2. The molecule has 1 unspecified atom stereocenters. The zero-order valence-electron chi connectivity index (χ0n) is 11.5. The standard InChI is InChI=1S/C16H18N2O/c1-12-17(2)13-8-4-5-9-14(13)18(12)15-10-6-7-11-16(15)19-3/h4-12H,1-3H3. The molecule has 0 saturated carbocycles. The highest BCUT2D eigenvalue weighted by Gasteiger charge is 2.32. The van der Waals surface area contributed by atoms with Crippen molar-refractivity contribution in [1.82, 2.24) is 0 Å². The van der Waals surface area contributed by atoms with E-state index >= 15 is 0 Å². The van der Waals surface area contributed by atoms with Crippen LogP contribution in [0.2, 0.25) is 0 Å². The van der Waals surface area contributed by atoms with Crippen LogP contribution in [-0.2, 0) is 0 Å². The Morgan fingerprint density at radius 3 is 2.16 bits per heavy atom. The molecule has 1 atom stereocenters. The minimum atomic E-state index is 0.272. The zero-order chi connectivity index (χ0) is 13.4. The highest BCUT2D eigenvalue weighted by atomic mass is 16.5. The SMILES string of the molecule is COc1ccccc1N1c2ccccc2N(C)C1C. The van der Waals surface area contributed by atoms with Crippen molar-refractivity contribution < 1.29 is 4.74 Å². The van der Waals surface area contributed by atoms with Gasteiger partial charge in [-0.1, -0.05) is 24.3 Å². The fourth-order valence-corrected chi connectivity index (χ4v) is 2.70. The second kappa shape index (κ2) is 4.50. The minimum absolute atomic E-state index is 0.272. The van der Waals surface area contributed by atoms with Crippen molar-refractivity contribution in [3.8, 4) is 5.75 Å². The van der Waals surface area contributed by atoms with Gasteiger partial charge in [0.2, 0.25) is 0 Å². The number of hydrogen-bond donors (Lipinski definition) is 0. The first-order valence-electron chi connectivity index (χ1n) is 6.48. The monoisotopic (exact) mass is 254 g/mol. The van der Waals surface area contributed by atoms with Gasteiger partial charge in [0.05, 0.1) is 24.2 Å². The van der Waals surface area contributed by atoms with E-state index in [1.165, 1.54) is 11.4 Å². The smallest absolute Gasteiger partial charge is 0.142 e. The van der Waals surface area contributed by atoms with Crippen molar-refractivity contribution in [2.45, 2.75) is 13.1 Å². The second-order valence-electron chi connectivity index (χ2n) is 4.77. The van der Waals surface area contributed by atoms with E-state index in [0.29, 0.717) is 0 Å². The molecule has 1 heterocycles. The Kier molecular flexibility index (Phi) is 2.82. The fourth-order valence-electron chi connectivity index (χ4n) is 2.70. The molecule has 3 rings (SSSR count). The highest BCUT2D eigenvalue weighted by molar-refractivity contribution is 5.85. The van der Waals surface area contributed by atoms with E-state index in [9.17, 15) is 0 Å². The van der Waals surface area contributed by atoms with Crippen LogP contribution in [0.3, 0.4) is 0 Å². The van der Waals surface area contributed by atoms with Gasteiger partial charge in [-0.2, -0.15) is 0 Å².